The molecule has 6 aromatic rings. The predicted molar refractivity (Wildman–Crippen MR) is 124 cm³/mol. The van der Waals surface area contributed by atoms with Crippen LogP contribution in [0.1, 0.15) is 17.3 Å². The molecule has 0 unspecified atom stereocenters. The highest BCUT2D eigenvalue weighted by Gasteiger charge is 2.21. The van der Waals surface area contributed by atoms with Crippen LogP contribution >= 0.6 is 0 Å². The standard InChI is InChI=1S/C25H18N6O/c1-12-28-21-11-32-22-8-15(4-6-17(22)23(21)29-12)14-3-5-16-18(7-14)19-9-26-27-10-20(19)25-24(16)30-13(2)31-25/h3-10,26H,11H2,1-2H3,(H,28,29). The highest BCUT2D eigenvalue weighted by molar-refractivity contribution is 6.23. The number of aromatic amines is 2. The summed E-state index contributed by atoms with van der Waals surface area (Å²) in [5.74, 6) is 2.53. The van der Waals surface area contributed by atoms with Crippen LogP contribution < -0.4 is 4.74 Å². The van der Waals surface area contributed by atoms with E-state index < -0.39 is 0 Å². The fraction of sp³-hybridized carbons (Fsp3) is 0.120. The van der Waals surface area contributed by atoms with E-state index >= 15 is 0 Å². The Morgan fingerprint density at radius 3 is 2.56 bits per heavy atom. The zero-order valence-electron chi connectivity index (χ0n) is 17.5. The third-order valence-electron chi connectivity index (χ3n) is 6.20. The van der Waals surface area contributed by atoms with Crippen LogP contribution in [0.2, 0.25) is 0 Å². The van der Waals surface area contributed by atoms with Gasteiger partial charge in [-0.1, -0.05) is 18.2 Å². The monoisotopic (exact) mass is 418 g/mol. The molecule has 0 fully saturated rings. The van der Waals surface area contributed by atoms with Gasteiger partial charge in [-0.3, -0.25) is 5.10 Å². The Kier molecular flexibility index (Phi) is 3.34. The zero-order valence-corrected chi connectivity index (χ0v) is 17.5. The van der Waals surface area contributed by atoms with E-state index in [0.29, 0.717) is 6.61 Å². The van der Waals surface area contributed by atoms with Gasteiger partial charge >= 0.3 is 0 Å². The summed E-state index contributed by atoms with van der Waals surface area (Å²) < 4.78 is 6.04. The number of hydrogen-bond acceptors (Lipinski definition) is 5. The Bertz CT molecular complexity index is 1710. The van der Waals surface area contributed by atoms with Crippen LogP contribution in [0.5, 0.6) is 5.75 Å². The molecule has 1 aliphatic rings. The van der Waals surface area contributed by atoms with Crippen molar-refractivity contribution < 1.29 is 4.74 Å². The van der Waals surface area contributed by atoms with Gasteiger partial charge in [-0.25, -0.2) is 15.0 Å². The van der Waals surface area contributed by atoms with Crippen molar-refractivity contribution in [3.8, 4) is 28.1 Å². The number of benzene rings is 3. The molecule has 7 nitrogen and oxygen atoms in total. The summed E-state index contributed by atoms with van der Waals surface area (Å²) in [5.41, 5.74) is 7.05. The predicted octanol–water partition coefficient (Wildman–Crippen LogP) is 5.23. The fourth-order valence-electron chi connectivity index (χ4n) is 4.78. The van der Waals surface area contributed by atoms with Gasteiger partial charge in [0.2, 0.25) is 0 Å². The second-order valence-electron chi connectivity index (χ2n) is 8.24. The Morgan fingerprint density at radius 1 is 0.844 bits per heavy atom. The van der Waals surface area contributed by atoms with Crippen molar-refractivity contribution in [3.05, 3.63) is 66.1 Å². The molecule has 0 amide bonds. The van der Waals surface area contributed by atoms with Gasteiger partial charge in [0.25, 0.3) is 0 Å². The maximum absolute atomic E-state index is 6.04. The van der Waals surface area contributed by atoms with Gasteiger partial charge in [0.1, 0.15) is 29.5 Å². The van der Waals surface area contributed by atoms with Crippen LogP contribution in [0, 0.1) is 13.8 Å². The zero-order chi connectivity index (χ0) is 21.4. The third kappa shape index (κ3) is 2.36. The van der Waals surface area contributed by atoms with E-state index in [1.54, 1.807) is 0 Å². The molecule has 0 bridgehead atoms. The molecule has 0 atom stereocenters. The highest BCUT2D eigenvalue weighted by Crippen LogP contribution is 2.40. The summed E-state index contributed by atoms with van der Waals surface area (Å²) in [6.07, 6.45) is 3.76. The number of ether oxygens (including phenoxy) is 1. The third-order valence-corrected chi connectivity index (χ3v) is 6.20. The Morgan fingerprint density at radius 2 is 1.66 bits per heavy atom. The van der Waals surface area contributed by atoms with Gasteiger partial charge in [0.15, 0.2) is 0 Å². The van der Waals surface area contributed by atoms with Crippen LogP contribution in [0.4, 0.5) is 0 Å². The summed E-state index contributed by atoms with van der Waals surface area (Å²) in [7, 11) is 0. The number of imidazole rings is 2. The largest absolute Gasteiger partial charge is 0.487 e. The summed E-state index contributed by atoms with van der Waals surface area (Å²) >= 11 is 0. The molecule has 32 heavy (non-hydrogen) atoms. The number of rotatable bonds is 1. The number of nitrogens with one attached hydrogen (secondary N) is 2. The molecule has 7 rings (SSSR count). The van der Waals surface area contributed by atoms with Crippen molar-refractivity contribution in [1.82, 2.24) is 30.1 Å². The van der Waals surface area contributed by atoms with Crippen molar-refractivity contribution in [2.75, 3.05) is 0 Å². The maximum Gasteiger partial charge on any atom is 0.130 e. The Balaban J connectivity index is 1.45. The van der Waals surface area contributed by atoms with E-state index in [2.05, 4.69) is 61.5 Å². The SMILES string of the molecule is Cc1nc2c3ccc(-c4ccc5c(c4)OCc4[nH]c(C)nc4-5)cc3c3c[nH]ncc3c2n1. The molecule has 0 saturated carbocycles. The first-order valence-corrected chi connectivity index (χ1v) is 10.5. The smallest absolute Gasteiger partial charge is 0.130 e. The van der Waals surface area contributed by atoms with Crippen LogP contribution in [-0.4, -0.2) is 30.1 Å². The molecule has 0 spiro atoms. The Hall–Kier alpha value is -4.26. The first-order chi connectivity index (χ1) is 15.7. The van der Waals surface area contributed by atoms with Gasteiger partial charge < -0.3 is 9.72 Å². The van der Waals surface area contributed by atoms with Crippen LogP contribution in [-0.2, 0) is 6.61 Å². The van der Waals surface area contributed by atoms with Crippen molar-refractivity contribution in [3.63, 3.8) is 0 Å². The number of aryl methyl sites for hydroxylation is 2. The lowest BCUT2D eigenvalue weighted by Crippen LogP contribution is -2.05. The van der Waals surface area contributed by atoms with Crippen molar-refractivity contribution in [1.29, 1.82) is 0 Å². The van der Waals surface area contributed by atoms with E-state index in [9.17, 15) is 0 Å². The molecule has 7 heteroatoms. The van der Waals surface area contributed by atoms with Crippen molar-refractivity contribution in [2.24, 2.45) is 0 Å². The normalized spacial score (nSPS) is 12.8. The molecular weight excluding hydrogens is 400 g/mol. The van der Waals surface area contributed by atoms with Crippen LogP contribution in [0.25, 0.3) is 55.0 Å². The van der Waals surface area contributed by atoms with E-state index in [1.807, 2.05) is 26.2 Å². The fourth-order valence-corrected chi connectivity index (χ4v) is 4.78. The van der Waals surface area contributed by atoms with Crippen molar-refractivity contribution in [2.45, 2.75) is 20.5 Å². The average molecular weight is 418 g/mol. The van der Waals surface area contributed by atoms with E-state index in [0.717, 1.165) is 78.1 Å². The molecule has 0 radical (unpaired) electrons. The van der Waals surface area contributed by atoms with Gasteiger partial charge in [-0.15, -0.1) is 0 Å². The van der Waals surface area contributed by atoms with Crippen molar-refractivity contribution >= 4 is 32.6 Å². The first-order valence-electron chi connectivity index (χ1n) is 10.5. The number of H-pyrrole nitrogens is 2. The van der Waals surface area contributed by atoms with E-state index in [1.165, 1.54) is 0 Å². The second kappa shape index (κ2) is 6.13. The summed E-state index contributed by atoms with van der Waals surface area (Å²) in [6.45, 7) is 4.40. The molecule has 0 saturated heterocycles. The minimum atomic E-state index is 0.505. The maximum atomic E-state index is 6.04. The molecule has 1 aliphatic heterocycles. The van der Waals surface area contributed by atoms with Gasteiger partial charge in [0.05, 0.1) is 23.1 Å². The lowest BCUT2D eigenvalue weighted by molar-refractivity contribution is 0.298. The van der Waals surface area contributed by atoms with Gasteiger partial charge in [0, 0.05) is 27.9 Å². The minimum Gasteiger partial charge on any atom is -0.487 e. The molecular formula is C25H18N6O. The molecule has 0 aliphatic carbocycles. The highest BCUT2D eigenvalue weighted by atomic mass is 16.5. The average Bonchev–Trinajstić information content (AvgIpc) is 3.40. The number of fused-ring (bicyclic) bond motifs is 9. The number of nitrogens with zero attached hydrogens (tertiary/aromatic N) is 4. The summed E-state index contributed by atoms with van der Waals surface area (Å²) in [4.78, 5) is 17.3. The Labute approximate surface area is 182 Å². The van der Waals surface area contributed by atoms with Gasteiger partial charge in [-0.2, -0.15) is 5.10 Å². The lowest BCUT2D eigenvalue weighted by Gasteiger charge is -2.18. The number of hydrogen-bond donors (Lipinski definition) is 2. The summed E-state index contributed by atoms with van der Waals surface area (Å²) in [6, 6.07) is 12.8. The lowest BCUT2D eigenvalue weighted by atomic mass is 9.95. The first kappa shape index (κ1) is 17.4. The molecule has 4 heterocycles. The molecule has 154 valence electrons. The van der Waals surface area contributed by atoms with Crippen LogP contribution in [0.3, 0.4) is 0 Å². The van der Waals surface area contributed by atoms with E-state index in [4.69, 9.17) is 9.72 Å². The summed E-state index contributed by atoms with van der Waals surface area (Å²) in [5, 5.41) is 11.5. The molecule has 3 aromatic heterocycles. The minimum absolute atomic E-state index is 0.505. The van der Waals surface area contributed by atoms with Gasteiger partial charge in [-0.05, 0) is 48.6 Å². The quantitative estimate of drug-likeness (QED) is 0.357. The number of aromatic nitrogens is 6. The topological polar surface area (TPSA) is 92.4 Å². The van der Waals surface area contributed by atoms with Crippen LogP contribution in [0.15, 0.2) is 48.8 Å². The molecule has 3 aromatic carbocycles. The van der Waals surface area contributed by atoms with E-state index in [-0.39, 0.29) is 0 Å². The second-order valence-corrected chi connectivity index (χ2v) is 8.24. The molecule has 2 N–H and O–H groups in total.